The minimum absolute atomic E-state index is 0.220. The Kier molecular flexibility index (Phi) is 5.29. The molecule has 0 bridgehead atoms. The maximum atomic E-state index is 8.79. The zero-order valence-electron chi connectivity index (χ0n) is 10.4. The van der Waals surface area contributed by atoms with Crippen LogP contribution in [0.1, 0.15) is 11.1 Å². The number of methoxy groups -OCH3 is 1. The van der Waals surface area contributed by atoms with Crippen molar-refractivity contribution in [3.8, 4) is 5.75 Å². The van der Waals surface area contributed by atoms with Gasteiger partial charge in [0.1, 0.15) is 5.75 Å². The molecule has 0 radical (unpaired) electrons. The van der Waals surface area contributed by atoms with Crippen LogP contribution in [-0.2, 0) is 6.42 Å². The maximum Gasteiger partial charge on any atom is 0.121 e. The van der Waals surface area contributed by atoms with Gasteiger partial charge >= 0.3 is 0 Å². The number of ether oxygens (including phenoxy) is 1. The van der Waals surface area contributed by atoms with E-state index in [1.54, 1.807) is 7.11 Å². The second kappa shape index (κ2) is 6.51. The van der Waals surface area contributed by atoms with Crippen LogP contribution in [-0.4, -0.2) is 43.9 Å². The van der Waals surface area contributed by atoms with E-state index in [0.29, 0.717) is 0 Å². The lowest BCUT2D eigenvalue weighted by atomic mass is 10.1. The molecule has 1 aromatic rings. The fourth-order valence-electron chi connectivity index (χ4n) is 1.70. The first kappa shape index (κ1) is 13.0. The molecule has 1 aromatic carbocycles. The van der Waals surface area contributed by atoms with E-state index in [0.717, 1.165) is 25.3 Å². The molecule has 0 aromatic heterocycles. The Labute approximate surface area is 97.7 Å². The summed E-state index contributed by atoms with van der Waals surface area (Å²) in [5.74, 6) is 0.937. The van der Waals surface area contributed by atoms with Gasteiger partial charge in [0, 0.05) is 13.1 Å². The molecule has 3 heteroatoms. The molecule has 0 spiro atoms. The van der Waals surface area contributed by atoms with Crippen LogP contribution in [0.15, 0.2) is 18.2 Å². The van der Waals surface area contributed by atoms with Crippen molar-refractivity contribution in [2.45, 2.75) is 13.3 Å². The number of nitrogens with zero attached hydrogens (tertiary/aromatic N) is 1. The first-order valence-electron chi connectivity index (χ1n) is 5.60. The average molecular weight is 223 g/mol. The van der Waals surface area contributed by atoms with Crippen LogP contribution in [0.2, 0.25) is 0 Å². The average Bonchev–Trinajstić information content (AvgIpc) is 2.27. The molecule has 1 rings (SSSR count). The largest absolute Gasteiger partial charge is 0.496 e. The van der Waals surface area contributed by atoms with Crippen molar-refractivity contribution in [3.63, 3.8) is 0 Å². The Bertz CT molecular complexity index is 326. The van der Waals surface area contributed by atoms with Crippen LogP contribution >= 0.6 is 0 Å². The molecule has 0 amide bonds. The summed E-state index contributed by atoms with van der Waals surface area (Å²) >= 11 is 0. The van der Waals surface area contributed by atoms with E-state index in [9.17, 15) is 0 Å². The predicted molar refractivity (Wildman–Crippen MR) is 66.0 cm³/mol. The van der Waals surface area contributed by atoms with Crippen molar-refractivity contribution in [2.24, 2.45) is 0 Å². The maximum absolute atomic E-state index is 8.79. The number of aliphatic hydroxyl groups excluding tert-OH is 1. The minimum Gasteiger partial charge on any atom is -0.496 e. The molecule has 0 saturated heterocycles. The van der Waals surface area contributed by atoms with Crippen LogP contribution in [0.3, 0.4) is 0 Å². The Hall–Kier alpha value is -1.06. The van der Waals surface area contributed by atoms with Crippen molar-refractivity contribution in [1.29, 1.82) is 0 Å². The normalized spacial score (nSPS) is 10.8. The van der Waals surface area contributed by atoms with E-state index in [1.165, 1.54) is 11.1 Å². The first-order chi connectivity index (χ1) is 7.67. The highest BCUT2D eigenvalue weighted by Gasteiger charge is 2.02. The summed E-state index contributed by atoms with van der Waals surface area (Å²) in [5.41, 5.74) is 2.48. The number of benzene rings is 1. The number of hydrogen-bond acceptors (Lipinski definition) is 3. The van der Waals surface area contributed by atoms with Crippen LogP contribution in [0.25, 0.3) is 0 Å². The summed E-state index contributed by atoms with van der Waals surface area (Å²) in [7, 11) is 3.71. The van der Waals surface area contributed by atoms with Gasteiger partial charge in [-0.05, 0) is 37.6 Å². The zero-order valence-corrected chi connectivity index (χ0v) is 10.4. The van der Waals surface area contributed by atoms with E-state index < -0.39 is 0 Å². The second-order valence-corrected chi connectivity index (χ2v) is 4.08. The molecule has 0 atom stereocenters. The van der Waals surface area contributed by atoms with Gasteiger partial charge in [0.2, 0.25) is 0 Å². The third kappa shape index (κ3) is 3.83. The number of aliphatic hydroxyl groups is 1. The number of likely N-dealkylation sites (N-methyl/N-ethyl adjacent to an activating group) is 1. The van der Waals surface area contributed by atoms with E-state index in [2.05, 4.69) is 24.0 Å². The summed E-state index contributed by atoms with van der Waals surface area (Å²) < 4.78 is 5.22. The predicted octanol–water partition coefficient (Wildman–Crippen LogP) is 1.47. The topological polar surface area (TPSA) is 32.7 Å². The van der Waals surface area contributed by atoms with Crippen LogP contribution in [0.4, 0.5) is 0 Å². The monoisotopic (exact) mass is 223 g/mol. The highest BCUT2D eigenvalue weighted by molar-refractivity contribution is 5.36. The van der Waals surface area contributed by atoms with Gasteiger partial charge in [-0.15, -0.1) is 0 Å². The molecule has 0 saturated carbocycles. The Morgan fingerprint density at radius 3 is 2.62 bits per heavy atom. The van der Waals surface area contributed by atoms with Gasteiger partial charge in [0.25, 0.3) is 0 Å². The van der Waals surface area contributed by atoms with Crippen LogP contribution in [0.5, 0.6) is 5.75 Å². The lowest BCUT2D eigenvalue weighted by molar-refractivity contribution is 0.223. The lowest BCUT2D eigenvalue weighted by Gasteiger charge is -2.15. The summed E-state index contributed by atoms with van der Waals surface area (Å²) in [6.07, 6.45) is 1.00. The van der Waals surface area contributed by atoms with Crippen molar-refractivity contribution >= 4 is 0 Å². The third-order valence-electron chi connectivity index (χ3n) is 2.72. The van der Waals surface area contributed by atoms with E-state index in [-0.39, 0.29) is 6.61 Å². The molecule has 3 nitrogen and oxygen atoms in total. The first-order valence-corrected chi connectivity index (χ1v) is 5.60. The molecule has 0 aliphatic rings. The molecule has 16 heavy (non-hydrogen) atoms. The Balaban J connectivity index is 2.51. The van der Waals surface area contributed by atoms with Crippen molar-refractivity contribution in [3.05, 3.63) is 29.3 Å². The molecular weight excluding hydrogens is 202 g/mol. The SMILES string of the molecule is COc1ccc(CCN(C)CCO)cc1C. The molecule has 0 fully saturated rings. The second-order valence-electron chi connectivity index (χ2n) is 4.08. The zero-order chi connectivity index (χ0) is 12.0. The van der Waals surface area contributed by atoms with Crippen molar-refractivity contribution in [2.75, 3.05) is 33.9 Å². The molecular formula is C13H21NO2. The Morgan fingerprint density at radius 2 is 2.06 bits per heavy atom. The summed E-state index contributed by atoms with van der Waals surface area (Å²) in [5, 5.41) is 8.79. The molecule has 0 heterocycles. The van der Waals surface area contributed by atoms with Gasteiger partial charge < -0.3 is 14.7 Å². The van der Waals surface area contributed by atoms with Gasteiger partial charge in [-0.25, -0.2) is 0 Å². The molecule has 0 aliphatic carbocycles. The molecule has 90 valence electrons. The van der Waals surface area contributed by atoms with Gasteiger partial charge in [-0.1, -0.05) is 12.1 Å². The van der Waals surface area contributed by atoms with Crippen LogP contribution in [0, 0.1) is 6.92 Å². The lowest BCUT2D eigenvalue weighted by Crippen LogP contribution is -2.24. The van der Waals surface area contributed by atoms with Crippen LogP contribution < -0.4 is 4.74 Å². The van der Waals surface area contributed by atoms with Crippen molar-refractivity contribution < 1.29 is 9.84 Å². The van der Waals surface area contributed by atoms with E-state index >= 15 is 0 Å². The minimum atomic E-state index is 0.220. The summed E-state index contributed by atoms with van der Waals surface area (Å²) in [6, 6.07) is 6.26. The quantitative estimate of drug-likeness (QED) is 0.792. The van der Waals surface area contributed by atoms with Gasteiger partial charge in [0.15, 0.2) is 0 Å². The van der Waals surface area contributed by atoms with Gasteiger partial charge in [-0.3, -0.25) is 0 Å². The smallest absolute Gasteiger partial charge is 0.121 e. The fraction of sp³-hybridized carbons (Fsp3) is 0.538. The molecule has 0 unspecified atom stereocenters. The van der Waals surface area contributed by atoms with Gasteiger partial charge in [0.05, 0.1) is 13.7 Å². The standard InChI is InChI=1S/C13H21NO2/c1-11-10-12(4-5-13(11)16-3)6-7-14(2)8-9-15/h4-5,10,15H,6-9H2,1-3H3. The van der Waals surface area contributed by atoms with Gasteiger partial charge in [-0.2, -0.15) is 0 Å². The number of rotatable bonds is 6. The van der Waals surface area contributed by atoms with Crippen molar-refractivity contribution in [1.82, 2.24) is 4.90 Å². The number of aryl methyl sites for hydroxylation is 1. The summed E-state index contributed by atoms with van der Waals surface area (Å²) in [4.78, 5) is 2.12. The highest BCUT2D eigenvalue weighted by Crippen LogP contribution is 2.18. The third-order valence-corrected chi connectivity index (χ3v) is 2.72. The number of hydrogen-bond donors (Lipinski definition) is 1. The van der Waals surface area contributed by atoms with E-state index in [1.807, 2.05) is 13.1 Å². The summed E-state index contributed by atoms with van der Waals surface area (Å²) in [6.45, 7) is 3.97. The van der Waals surface area contributed by atoms with E-state index in [4.69, 9.17) is 9.84 Å². The Morgan fingerprint density at radius 1 is 1.31 bits per heavy atom. The molecule has 0 aliphatic heterocycles. The molecule has 1 N–H and O–H groups in total. The fourth-order valence-corrected chi connectivity index (χ4v) is 1.70. The highest BCUT2D eigenvalue weighted by atomic mass is 16.5.